The second kappa shape index (κ2) is 4.51. The van der Waals surface area contributed by atoms with E-state index in [0.717, 1.165) is 42.7 Å². The van der Waals surface area contributed by atoms with Gasteiger partial charge in [-0.2, -0.15) is 0 Å². The van der Waals surface area contributed by atoms with E-state index in [9.17, 15) is 4.79 Å². The number of nitrogens with zero attached hydrogens (tertiary/aromatic N) is 2. The number of aromatic amines is 1. The maximum absolute atomic E-state index is 11.8. The number of H-pyrrole nitrogens is 1. The normalized spacial score (nSPS) is 11.1. The zero-order valence-corrected chi connectivity index (χ0v) is 9.79. The van der Waals surface area contributed by atoms with E-state index in [1.807, 2.05) is 6.07 Å². The molecule has 0 amide bonds. The number of aryl methyl sites for hydroxylation is 2. The highest BCUT2D eigenvalue weighted by Crippen LogP contribution is 2.05. The van der Waals surface area contributed by atoms with Gasteiger partial charge in [0.15, 0.2) is 5.65 Å². The third kappa shape index (κ3) is 2.01. The van der Waals surface area contributed by atoms with E-state index >= 15 is 0 Å². The average molecular weight is 219 g/mol. The molecule has 86 valence electrons. The Bertz CT molecular complexity index is 539. The summed E-state index contributed by atoms with van der Waals surface area (Å²) >= 11 is 0. The van der Waals surface area contributed by atoms with Gasteiger partial charge in [0.25, 0.3) is 5.56 Å². The van der Waals surface area contributed by atoms with Crippen molar-refractivity contribution < 1.29 is 0 Å². The Balaban J connectivity index is 2.50. The summed E-state index contributed by atoms with van der Waals surface area (Å²) < 4.78 is 1.52. The van der Waals surface area contributed by atoms with Gasteiger partial charge in [-0.05, 0) is 12.8 Å². The molecule has 2 aromatic heterocycles. The fraction of sp³-hybridized carbons (Fsp3) is 0.500. The van der Waals surface area contributed by atoms with Gasteiger partial charge < -0.3 is 0 Å². The van der Waals surface area contributed by atoms with E-state index in [4.69, 9.17) is 0 Å². The van der Waals surface area contributed by atoms with Crippen molar-refractivity contribution in [1.29, 1.82) is 0 Å². The van der Waals surface area contributed by atoms with Gasteiger partial charge in [0, 0.05) is 23.5 Å². The van der Waals surface area contributed by atoms with Gasteiger partial charge in [-0.15, -0.1) is 0 Å². The molecule has 1 N–H and O–H groups in total. The topological polar surface area (TPSA) is 50.2 Å². The van der Waals surface area contributed by atoms with Crippen molar-refractivity contribution in [2.24, 2.45) is 0 Å². The van der Waals surface area contributed by atoms with Crippen LogP contribution in [0.1, 0.15) is 38.1 Å². The van der Waals surface area contributed by atoms with Crippen LogP contribution in [0.15, 0.2) is 16.9 Å². The van der Waals surface area contributed by atoms with Gasteiger partial charge in [-0.25, -0.2) is 9.50 Å². The van der Waals surface area contributed by atoms with E-state index < -0.39 is 0 Å². The van der Waals surface area contributed by atoms with Crippen LogP contribution in [0, 0.1) is 0 Å². The summed E-state index contributed by atoms with van der Waals surface area (Å²) in [6.07, 6.45) is 3.88. The number of fused-ring (bicyclic) bond motifs is 1. The van der Waals surface area contributed by atoms with Crippen molar-refractivity contribution in [1.82, 2.24) is 14.6 Å². The van der Waals surface area contributed by atoms with Crippen LogP contribution in [-0.4, -0.2) is 14.6 Å². The van der Waals surface area contributed by atoms with Gasteiger partial charge in [0.05, 0.1) is 0 Å². The number of nitrogens with one attached hydrogen (secondary N) is 1. The summed E-state index contributed by atoms with van der Waals surface area (Å²) in [6.45, 7) is 4.20. The Morgan fingerprint density at radius 3 is 2.69 bits per heavy atom. The molecule has 2 heterocycles. The van der Waals surface area contributed by atoms with Crippen LogP contribution >= 0.6 is 0 Å². The van der Waals surface area contributed by atoms with Crippen molar-refractivity contribution >= 4 is 5.65 Å². The molecule has 0 saturated carbocycles. The third-order valence-electron chi connectivity index (χ3n) is 2.58. The number of hydrogen-bond donors (Lipinski definition) is 1. The van der Waals surface area contributed by atoms with E-state index in [-0.39, 0.29) is 5.56 Å². The predicted octanol–water partition coefficient (Wildman–Crippen LogP) is 1.93. The molecule has 0 aliphatic carbocycles. The highest BCUT2D eigenvalue weighted by molar-refractivity contribution is 5.39. The molecule has 2 rings (SSSR count). The van der Waals surface area contributed by atoms with Crippen LogP contribution in [0.5, 0.6) is 0 Å². The molecule has 0 saturated heterocycles. The van der Waals surface area contributed by atoms with Crippen LogP contribution in [-0.2, 0) is 12.8 Å². The number of rotatable bonds is 4. The van der Waals surface area contributed by atoms with Gasteiger partial charge in [-0.1, -0.05) is 26.7 Å². The van der Waals surface area contributed by atoms with Crippen molar-refractivity contribution in [3.05, 3.63) is 33.9 Å². The summed E-state index contributed by atoms with van der Waals surface area (Å²) in [7, 11) is 0. The zero-order valence-electron chi connectivity index (χ0n) is 9.79. The largest absolute Gasteiger partial charge is 0.294 e. The lowest BCUT2D eigenvalue weighted by Crippen LogP contribution is -2.15. The molecule has 4 nitrogen and oxygen atoms in total. The van der Waals surface area contributed by atoms with Gasteiger partial charge in [-0.3, -0.25) is 9.89 Å². The summed E-state index contributed by atoms with van der Waals surface area (Å²) in [4.78, 5) is 16.2. The van der Waals surface area contributed by atoms with Crippen molar-refractivity contribution in [2.75, 3.05) is 0 Å². The molecule has 4 heteroatoms. The fourth-order valence-electron chi connectivity index (χ4n) is 1.87. The van der Waals surface area contributed by atoms with E-state index in [2.05, 4.69) is 23.9 Å². The number of aromatic nitrogens is 3. The standard InChI is InChI=1S/C12H17N3O/c1-3-5-9-8-12(16)15-11(13-9)7-10(14-15)6-4-2/h7-8,14H,3-6H2,1-2H3. The molecule has 0 aromatic carbocycles. The second-order valence-electron chi connectivity index (χ2n) is 4.06. The number of hydrogen-bond acceptors (Lipinski definition) is 2. The molecule has 0 atom stereocenters. The van der Waals surface area contributed by atoms with E-state index in [1.165, 1.54) is 4.52 Å². The molecule has 0 fully saturated rings. The lowest BCUT2D eigenvalue weighted by molar-refractivity contribution is 0.803. The zero-order chi connectivity index (χ0) is 11.5. The van der Waals surface area contributed by atoms with Crippen molar-refractivity contribution in [3.8, 4) is 0 Å². The van der Waals surface area contributed by atoms with E-state index in [0.29, 0.717) is 0 Å². The summed E-state index contributed by atoms with van der Waals surface area (Å²) in [5, 5.41) is 3.08. The fourth-order valence-corrected chi connectivity index (χ4v) is 1.87. The van der Waals surface area contributed by atoms with Crippen molar-refractivity contribution in [3.63, 3.8) is 0 Å². The van der Waals surface area contributed by atoms with Crippen LogP contribution in [0.3, 0.4) is 0 Å². The maximum atomic E-state index is 11.8. The molecule has 0 aliphatic rings. The minimum Gasteiger partial charge on any atom is -0.294 e. The first kappa shape index (κ1) is 10.9. The second-order valence-corrected chi connectivity index (χ2v) is 4.06. The molecule has 0 spiro atoms. The Hall–Kier alpha value is -1.58. The Labute approximate surface area is 94.3 Å². The van der Waals surface area contributed by atoms with Crippen LogP contribution in [0.2, 0.25) is 0 Å². The average Bonchev–Trinajstić information content (AvgIpc) is 2.62. The molecule has 0 unspecified atom stereocenters. The smallest absolute Gasteiger partial charge is 0.272 e. The summed E-state index contributed by atoms with van der Waals surface area (Å²) in [5.74, 6) is 0. The van der Waals surface area contributed by atoms with Crippen LogP contribution < -0.4 is 5.56 Å². The molecule has 2 aromatic rings. The van der Waals surface area contributed by atoms with Gasteiger partial charge >= 0.3 is 0 Å². The Morgan fingerprint density at radius 2 is 2.00 bits per heavy atom. The third-order valence-corrected chi connectivity index (χ3v) is 2.58. The van der Waals surface area contributed by atoms with Crippen LogP contribution in [0.4, 0.5) is 0 Å². The Kier molecular flexibility index (Phi) is 3.08. The van der Waals surface area contributed by atoms with Crippen molar-refractivity contribution in [2.45, 2.75) is 39.5 Å². The summed E-state index contributed by atoms with van der Waals surface area (Å²) in [6, 6.07) is 3.58. The Morgan fingerprint density at radius 1 is 1.25 bits per heavy atom. The van der Waals surface area contributed by atoms with Crippen LogP contribution in [0.25, 0.3) is 5.65 Å². The molecule has 16 heavy (non-hydrogen) atoms. The highest BCUT2D eigenvalue weighted by Gasteiger charge is 2.05. The minimum atomic E-state index is -0.0178. The molecular weight excluding hydrogens is 202 g/mol. The first-order chi connectivity index (χ1) is 7.74. The van der Waals surface area contributed by atoms with E-state index in [1.54, 1.807) is 6.07 Å². The quantitative estimate of drug-likeness (QED) is 0.854. The highest BCUT2D eigenvalue weighted by atomic mass is 16.1. The monoisotopic (exact) mass is 219 g/mol. The first-order valence-electron chi connectivity index (χ1n) is 5.85. The maximum Gasteiger partial charge on any atom is 0.272 e. The molecule has 0 bridgehead atoms. The summed E-state index contributed by atoms with van der Waals surface area (Å²) in [5.41, 5.74) is 2.67. The predicted molar refractivity (Wildman–Crippen MR) is 63.8 cm³/mol. The lowest BCUT2D eigenvalue weighted by atomic mass is 10.2. The lowest BCUT2D eigenvalue weighted by Gasteiger charge is -1.97. The molecular formula is C12H17N3O. The van der Waals surface area contributed by atoms with Gasteiger partial charge in [0.1, 0.15) is 0 Å². The SMILES string of the molecule is CCCc1cc(=O)n2[nH]c(CCC)cc2n1. The first-order valence-corrected chi connectivity index (χ1v) is 5.85. The molecule has 0 radical (unpaired) electrons. The van der Waals surface area contributed by atoms with Gasteiger partial charge in [0.2, 0.25) is 0 Å². The minimum absolute atomic E-state index is 0.0178. The molecule has 0 aliphatic heterocycles.